The Kier molecular flexibility index (Phi) is 3.59. The number of hydrogen-bond acceptors (Lipinski definition) is 3. The Morgan fingerprint density at radius 1 is 0.917 bits per heavy atom. The maximum Gasteiger partial charge on any atom is 0.273 e. The molecule has 1 unspecified atom stereocenters. The summed E-state index contributed by atoms with van der Waals surface area (Å²) in [6.45, 7) is 0. The fourth-order valence-electron chi connectivity index (χ4n) is 2.83. The van der Waals surface area contributed by atoms with E-state index in [0.29, 0.717) is 5.52 Å². The molecule has 0 aliphatic carbocycles. The van der Waals surface area contributed by atoms with Crippen molar-refractivity contribution in [2.45, 2.75) is 6.04 Å². The largest absolute Gasteiger partial charge is 0.502 e. The molecule has 5 heteroatoms. The van der Waals surface area contributed by atoms with E-state index in [1.807, 2.05) is 60.8 Å². The van der Waals surface area contributed by atoms with Gasteiger partial charge in [-0.15, -0.1) is 0 Å². The highest BCUT2D eigenvalue weighted by atomic mass is 16.3. The van der Waals surface area contributed by atoms with Gasteiger partial charge in [0.05, 0.1) is 23.4 Å². The molecule has 118 valence electrons. The number of hydrogen-bond donors (Lipinski definition) is 2. The Morgan fingerprint density at radius 2 is 1.83 bits per heavy atom. The van der Waals surface area contributed by atoms with Crippen molar-refractivity contribution in [1.29, 1.82) is 0 Å². The van der Waals surface area contributed by atoms with Crippen molar-refractivity contribution in [2.24, 2.45) is 0 Å². The minimum atomic E-state index is -0.323. The van der Waals surface area contributed by atoms with Crippen LogP contribution >= 0.6 is 0 Å². The molecule has 0 fully saturated rings. The van der Waals surface area contributed by atoms with E-state index >= 15 is 0 Å². The van der Waals surface area contributed by atoms with Crippen LogP contribution in [0, 0.1) is 0 Å². The molecule has 3 aromatic heterocycles. The molecule has 5 nitrogen and oxygen atoms in total. The van der Waals surface area contributed by atoms with Gasteiger partial charge in [-0.25, -0.2) is 9.97 Å². The summed E-state index contributed by atoms with van der Waals surface area (Å²) in [6.07, 6.45) is 5.27. The summed E-state index contributed by atoms with van der Waals surface area (Å²) in [6, 6.07) is 16.9. The van der Waals surface area contributed by atoms with Crippen LogP contribution < -0.4 is 15.3 Å². The quantitative estimate of drug-likeness (QED) is 0.607. The van der Waals surface area contributed by atoms with Crippen LogP contribution in [-0.4, -0.2) is 5.11 Å². The second-order valence-corrected chi connectivity index (χ2v) is 5.51. The van der Waals surface area contributed by atoms with Gasteiger partial charge in [-0.3, -0.25) is 5.32 Å². The summed E-state index contributed by atoms with van der Waals surface area (Å²) in [5, 5.41) is 15.1. The predicted molar refractivity (Wildman–Crippen MR) is 89.3 cm³/mol. The summed E-state index contributed by atoms with van der Waals surface area (Å²) >= 11 is 0. The molecule has 4 aromatic rings. The third kappa shape index (κ3) is 2.56. The Bertz CT molecular complexity index is 953. The third-order valence-electron chi connectivity index (χ3n) is 3.99. The molecule has 3 heterocycles. The van der Waals surface area contributed by atoms with Gasteiger partial charge in [-0.2, -0.15) is 0 Å². The molecule has 0 aliphatic heterocycles. The van der Waals surface area contributed by atoms with Crippen molar-refractivity contribution in [3.8, 4) is 5.75 Å². The number of phenols is 1. The topological polar surface area (TPSA) is 73.7 Å². The van der Waals surface area contributed by atoms with Crippen molar-refractivity contribution < 1.29 is 19.5 Å². The van der Waals surface area contributed by atoms with Gasteiger partial charge in [0, 0.05) is 12.1 Å². The average molecular weight is 319 g/mol. The van der Waals surface area contributed by atoms with Gasteiger partial charge in [-0.1, -0.05) is 6.07 Å². The molecule has 24 heavy (non-hydrogen) atoms. The van der Waals surface area contributed by atoms with Crippen molar-refractivity contribution >= 4 is 16.7 Å². The van der Waals surface area contributed by atoms with Crippen LogP contribution in [0.4, 0.5) is 5.82 Å². The highest BCUT2D eigenvalue weighted by Gasteiger charge is 2.27. The number of furan rings is 1. The minimum absolute atomic E-state index is 0.206. The first kappa shape index (κ1) is 14.3. The molecule has 0 amide bonds. The molecule has 1 atom stereocenters. The monoisotopic (exact) mass is 319 g/mol. The van der Waals surface area contributed by atoms with Crippen molar-refractivity contribution in [3.63, 3.8) is 0 Å². The van der Waals surface area contributed by atoms with Gasteiger partial charge in [0.1, 0.15) is 0 Å². The van der Waals surface area contributed by atoms with Gasteiger partial charge < -0.3 is 9.52 Å². The van der Waals surface area contributed by atoms with Crippen molar-refractivity contribution in [2.75, 3.05) is 5.32 Å². The van der Waals surface area contributed by atoms with Crippen LogP contribution in [0.2, 0.25) is 0 Å². The SMILES string of the molecule is Oc1c(C(Nc2cccc[nH+]2)c2ccco2)ccc2ccc[nH+]c12. The van der Waals surface area contributed by atoms with E-state index in [4.69, 9.17) is 4.42 Å². The zero-order valence-electron chi connectivity index (χ0n) is 12.9. The number of aromatic nitrogens is 2. The van der Waals surface area contributed by atoms with E-state index in [1.54, 1.807) is 12.5 Å². The zero-order chi connectivity index (χ0) is 16.4. The number of fused-ring (bicyclic) bond motifs is 1. The Morgan fingerprint density at radius 3 is 2.62 bits per heavy atom. The van der Waals surface area contributed by atoms with Crippen LogP contribution in [0.3, 0.4) is 0 Å². The van der Waals surface area contributed by atoms with E-state index in [-0.39, 0.29) is 11.8 Å². The second-order valence-electron chi connectivity index (χ2n) is 5.51. The number of benzene rings is 1. The minimum Gasteiger partial charge on any atom is -0.502 e. The number of anilines is 1. The number of nitrogens with one attached hydrogen (secondary N) is 3. The van der Waals surface area contributed by atoms with Gasteiger partial charge in [0.25, 0.3) is 11.3 Å². The molecular formula is C19H17N3O2+2. The Balaban J connectivity index is 1.83. The first-order chi connectivity index (χ1) is 11.8. The zero-order valence-corrected chi connectivity index (χ0v) is 12.9. The maximum absolute atomic E-state index is 10.8. The highest BCUT2D eigenvalue weighted by molar-refractivity contribution is 5.83. The molecule has 4 N–H and O–H groups in total. The average Bonchev–Trinajstić information content (AvgIpc) is 3.16. The molecule has 4 rings (SSSR count). The molecule has 0 aliphatic rings. The van der Waals surface area contributed by atoms with E-state index in [0.717, 1.165) is 22.5 Å². The molecule has 0 saturated heterocycles. The second kappa shape index (κ2) is 6.04. The number of aromatic amines is 2. The van der Waals surface area contributed by atoms with Gasteiger partial charge in [-0.05, 0) is 36.4 Å². The van der Waals surface area contributed by atoms with Gasteiger partial charge in [0.2, 0.25) is 0 Å². The van der Waals surface area contributed by atoms with Crippen LogP contribution in [0.15, 0.2) is 77.7 Å². The fourth-order valence-corrected chi connectivity index (χ4v) is 2.83. The molecule has 1 aromatic carbocycles. The summed E-state index contributed by atoms with van der Waals surface area (Å²) in [5.74, 6) is 1.76. The number of pyridine rings is 2. The Labute approximate surface area is 138 Å². The first-order valence-electron chi connectivity index (χ1n) is 7.72. The highest BCUT2D eigenvalue weighted by Crippen LogP contribution is 2.35. The molecule has 0 saturated carbocycles. The lowest BCUT2D eigenvalue weighted by Crippen LogP contribution is -2.18. The van der Waals surface area contributed by atoms with Crippen LogP contribution in [0.25, 0.3) is 10.9 Å². The third-order valence-corrected chi connectivity index (χ3v) is 3.99. The van der Waals surface area contributed by atoms with Gasteiger partial charge in [0.15, 0.2) is 23.7 Å². The lowest BCUT2D eigenvalue weighted by atomic mass is 10.0. The molecule has 0 radical (unpaired) electrons. The van der Waals surface area contributed by atoms with E-state index in [9.17, 15) is 5.11 Å². The normalized spacial score (nSPS) is 12.2. The standard InChI is InChI=1S/C19H15N3O2/c23-19-14(9-8-13-5-3-11-21-17(13)19)18(15-6-4-12-24-15)22-16-7-1-2-10-20-16/h1-12,18,23H,(H,20,22)/p+2. The summed E-state index contributed by atoms with van der Waals surface area (Å²) in [4.78, 5) is 6.25. The molecular weight excluding hydrogens is 302 g/mol. The van der Waals surface area contributed by atoms with E-state index in [1.165, 1.54) is 0 Å². The number of H-pyrrole nitrogens is 2. The lowest BCUT2D eigenvalue weighted by molar-refractivity contribution is -0.361. The molecule has 0 bridgehead atoms. The van der Waals surface area contributed by atoms with E-state index in [2.05, 4.69) is 15.3 Å². The fraction of sp³-hybridized carbons (Fsp3) is 0.0526. The number of aromatic hydroxyl groups is 1. The number of phenolic OH excluding ortho intramolecular Hbond substituents is 1. The Hall–Kier alpha value is -3.34. The summed E-state index contributed by atoms with van der Waals surface area (Å²) in [7, 11) is 0. The maximum atomic E-state index is 10.8. The van der Waals surface area contributed by atoms with Crippen LogP contribution in [0.1, 0.15) is 17.4 Å². The van der Waals surface area contributed by atoms with Crippen molar-refractivity contribution in [3.05, 3.63) is 84.6 Å². The number of rotatable bonds is 4. The van der Waals surface area contributed by atoms with E-state index < -0.39 is 0 Å². The summed E-state index contributed by atoms with van der Waals surface area (Å²) < 4.78 is 5.59. The predicted octanol–water partition coefficient (Wildman–Crippen LogP) is 2.97. The van der Waals surface area contributed by atoms with Crippen LogP contribution in [0.5, 0.6) is 5.75 Å². The smallest absolute Gasteiger partial charge is 0.273 e. The molecule has 0 spiro atoms. The van der Waals surface area contributed by atoms with Crippen LogP contribution in [-0.2, 0) is 0 Å². The van der Waals surface area contributed by atoms with Gasteiger partial charge >= 0.3 is 0 Å². The van der Waals surface area contributed by atoms with Crippen molar-refractivity contribution in [1.82, 2.24) is 0 Å². The lowest BCUT2D eigenvalue weighted by Gasteiger charge is -2.14. The first-order valence-corrected chi connectivity index (χ1v) is 7.72. The summed E-state index contributed by atoms with van der Waals surface area (Å²) in [5.41, 5.74) is 1.43.